The number of nitrogens with zero attached hydrogens (tertiary/aromatic N) is 1. The number of ether oxygens (including phenoxy) is 2. The van der Waals surface area contributed by atoms with Gasteiger partial charge in [-0.1, -0.05) is 0 Å². The fourth-order valence-corrected chi connectivity index (χ4v) is 2.14. The highest BCUT2D eigenvalue weighted by atomic mass is 32.2. The standard InChI is InChI=1S/C11H10N2O4S3/c1-16-9(14)5-6(10(15)17-2)8(18)13-7(5)4(3-12)11(19)20/h13,18-20H,1-2H3. The Bertz CT molecular complexity index is 639. The largest absolute Gasteiger partial charge is 0.465 e. The van der Waals surface area contributed by atoms with Crippen molar-refractivity contribution in [3.63, 3.8) is 0 Å². The number of esters is 2. The van der Waals surface area contributed by atoms with E-state index in [-0.39, 0.29) is 31.7 Å². The minimum absolute atomic E-state index is 0.0254. The maximum atomic E-state index is 11.9. The summed E-state index contributed by atoms with van der Waals surface area (Å²) < 4.78 is 9.28. The zero-order chi connectivity index (χ0) is 15.4. The van der Waals surface area contributed by atoms with Crippen LogP contribution in [0.5, 0.6) is 0 Å². The summed E-state index contributed by atoms with van der Waals surface area (Å²) in [5.74, 6) is -1.59. The van der Waals surface area contributed by atoms with E-state index < -0.39 is 11.9 Å². The van der Waals surface area contributed by atoms with E-state index >= 15 is 0 Å². The second-order valence-corrected chi connectivity index (χ2v) is 5.09. The molecule has 1 aromatic heterocycles. The summed E-state index contributed by atoms with van der Waals surface area (Å²) in [5, 5.41) is 9.18. The highest BCUT2D eigenvalue weighted by Gasteiger charge is 2.30. The van der Waals surface area contributed by atoms with Crippen LogP contribution < -0.4 is 0 Å². The van der Waals surface area contributed by atoms with Crippen LogP contribution in [-0.2, 0) is 9.47 Å². The lowest BCUT2D eigenvalue weighted by Gasteiger charge is -2.04. The average Bonchev–Trinajstić information content (AvgIpc) is 2.74. The molecule has 0 saturated carbocycles. The summed E-state index contributed by atoms with van der Waals surface area (Å²) >= 11 is 12.0. The second-order valence-electron chi connectivity index (χ2n) is 3.39. The number of aromatic amines is 1. The number of nitriles is 1. The highest BCUT2D eigenvalue weighted by Crippen LogP contribution is 2.31. The predicted molar refractivity (Wildman–Crippen MR) is 81.2 cm³/mol. The highest BCUT2D eigenvalue weighted by molar-refractivity contribution is 8.05. The molecule has 1 aromatic rings. The van der Waals surface area contributed by atoms with Crippen molar-refractivity contribution in [3.05, 3.63) is 21.1 Å². The minimum Gasteiger partial charge on any atom is -0.465 e. The van der Waals surface area contributed by atoms with Crippen LogP contribution in [0.3, 0.4) is 0 Å². The van der Waals surface area contributed by atoms with Gasteiger partial charge in [-0.15, -0.1) is 37.9 Å². The molecule has 0 bridgehead atoms. The molecule has 0 unspecified atom stereocenters. The van der Waals surface area contributed by atoms with Gasteiger partial charge in [-0.2, -0.15) is 5.26 Å². The van der Waals surface area contributed by atoms with Gasteiger partial charge in [0.15, 0.2) is 0 Å². The molecular formula is C11H10N2O4S3. The van der Waals surface area contributed by atoms with E-state index in [0.717, 1.165) is 14.2 Å². The topological polar surface area (TPSA) is 92.2 Å². The molecule has 0 aliphatic heterocycles. The SMILES string of the molecule is COC(=O)c1c(S)[nH]c(C(C#N)=C(S)S)c1C(=O)OC. The second kappa shape index (κ2) is 6.78. The monoisotopic (exact) mass is 330 g/mol. The van der Waals surface area contributed by atoms with Crippen molar-refractivity contribution in [2.45, 2.75) is 5.03 Å². The fraction of sp³-hybridized carbons (Fsp3) is 0.182. The Morgan fingerprint density at radius 2 is 1.65 bits per heavy atom. The van der Waals surface area contributed by atoms with Crippen LogP contribution in [0.25, 0.3) is 5.57 Å². The number of methoxy groups -OCH3 is 2. The molecule has 9 heteroatoms. The van der Waals surface area contributed by atoms with Crippen LogP contribution in [0.1, 0.15) is 26.4 Å². The van der Waals surface area contributed by atoms with Crippen LogP contribution in [0, 0.1) is 11.3 Å². The lowest BCUT2D eigenvalue weighted by Crippen LogP contribution is -2.11. The van der Waals surface area contributed by atoms with Crippen LogP contribution in [0.15, 0.2) is 9.26 Å². The molecule has 0 fully saturated rings. The van der Waals surface area contributed by atoms with E-state index in [1.807, 2.05) is 6.07 Å². The van der Waals surface area contributed by atoms with Gasteiger partial charge in [0.2, 0.25) is 0 Å². The first-order valence-electron chi connectivity index (χ1n) is 5.03. The number of allylic oxidation sites excluding steroid dienone is 1. The minimum atomic E-state index is -0.812. The molecule has 1 N–H and O–H groups in total. The van der Waals surface area contributed by atoms with Crippen molar-refractivity contribution < 1.29 is 19.1 Å². The molecule has 20 heavy (non-hydrogen) atoms. The third kappa shape index (κ3) is 2.98. The maximum Gasteiger partial charge on any atom is 0.341 e. The Labute approximate surface area is 131 Å². The van der Waals surface area contributed by atoms with Gasteiger partial charge in [-0.3, -0.25) is 0 Å². The summed E-state index contributed by atoms with van der Waals surface area (Å²) in [5.41, 5.74) is -0.248. The van der Waals surface area contributed by atoms with Crippen molar-refractivity contribution in [1.82, 2.24) is 4.98 Å². The van der Waals surface area contributed by atoms with Gasteiger partial charge >= 0.3 is 11.9 Å². The maximum absolute atomic E-state index is 11.9. The summed E-state index contributed by atoms with van der Waals surface area (Å²) in [6, 6.07) is 1.84. The number of hydrogen-bond acceptors (Lipinski definition) is 8. The molecule has 0 aromatic carbocycles. The van der Waals surface area contributed by atoms with Crippen molar-refractivity contribution in [2.75, 3.05) is 14.2 Å². The summed E-state index contributed by atoms with van der Waals surface area (Å²) in [4.78, 5) is 26.3. The smallest absolute Gasteiger partial charge is 0.341 e. The molecule has 0 atom stereocenters. The summed E-state index contributed by atoms with van der Waals surface area (Å²) in [6.07, 6.45) is 0. The first kappa shape index (κ1) is 16.6. The van der Waals surface area contributed by atoms with Gasteiger partial charge in [-0.05, 0) is 0 Å². The number of rotatable bonds is 3. The normalized spacial score (nSPS) is 9.60. The third-order valence-electron chi connectivity index (χ3n) is 2.34. The Balaban J connectivity index is 3.73. The van der Waals surface area contributed by atoms with E-state index in [1.54, 1.807) is 0 Å². The molecule has 1 rings (SSSR count). The zero-order valence-electron chi connectivity index (χ0n) is 10.4. The number of aromatic nitrogens is 1. The molecule has 1 heterocycles. The van der Waals surface area contributed by atoms with Gasteiger partial charge in [0.05, 0.1) is 34.7 Å². The Morgan fingerprint density at radius 3 is 2.05 bits per heavy atom. The molecule has 0 aliphatic carbocycles. The lowest BCUT2D eigenvalue weighted by atomic mass is 10.1. The van der Waals surface area contributed by atoms with Crippen molar-refractivity contribution in [1.29, 1.82) is 5.26 Å². The quantitative estimate of drug-likeness (QED) is 0.386. The fourth-order valence-electron chi connectivity index (χ4n) is 1.50. The Morgan fingerprint density at radius 1 is 1.15 bits per heavy atom. The van der Waals surface area contributed by atoms with E-state index in [4.69, 9.17) is 5.26 Å². The molecular weight excluding hydrogens is 320 g/mol. The van der Waals surface area contributed by atoms with Gasteiger partial charge in [0.25, 0.3) is 0 Å². The number of carbonyl (C=O) groups is 2. The van der Waals surface area contributed by atoms with Crippen LogP contribution in [-0.4, -0.2) is 31.1 Å². The third-order valence-corrected chi connectivity index (χ3v) is 3.13. The van der Waals surface area contributed by atoms with Crippen LogP contribution in [0.2, 0.25) is 0 Å². The summed E-state index contributed by atoms with van der Waals surface area (Å²) in [6.45, 7) is 0. The van der Waals surface area contributed by atoms with Gasteiger partial charge in [0.1, 0.15) is 17.2 Å². The number of thiol groups is 3. The predicted octanol–water partition coefficient (Wildman–Crippen LogP) is 1.93. The number of hydrogen-bond donors (Lipinski definition) is 4. The molecule has 0 spiro atoms. The molecule has 0 radical (unpaired) electrons. The van der Waals surface area contributed by atoms with E-state index in [9.17, 15) is 9.59 Å². The van der Waals surface area contributed by atoms with E-state index in [1.165, 1.54) is 0 Å². The molecule has 0 amide bonds. The van der Waals surface area contributed by atoms with Crippen molar-refractivity contribution in [2.24, 2.45) is 0 Å². The molecule has 0 aliphatic rings. The van der Waals surface area contributed by atoms with E-state index in [0.29, 0.717) is 0 Å². The first-order valence-corrected chi connectivity index (χ1v) is 6.37. The summed E-state index contributed by atoms with van der Waals surface area (Å²) in [7, 11) is 2.31. The number of nitrogens with one attached hydrogen (secondary N) is 1. The molecule has 106 valence electrons. The van der Waals surface area contributed by atoms with Gasteiger partial charge in [-0.25, -0.2) is 9.59 Å². The van der Waals surface area contributed by atoms with Gasteiger partial charge < -0.3 is 14.5 Å². The zero-order valence-corrected chi connectivity index (χ0v) is 13.1. The van der Waals surface area contributed by atoms with Crippen LogP contribution in [0.4, 0.5) is 0 Å². The van der Waals surface area contributed by atoms with Crippen molar-refractivity contribution in [3.8, 4) is 6.07 Å². The number of H-pyrrole nitrogens is 1. The Hall–Kier alpha value is -1.50. The van der Waals surface area contributed by atoms with Crippen molar-refractivity contribution >= 4 is 55.4 Å². The lowest BCUT2D eigenvalue weighted by molar-refractivity contribution is 0.0553. The average molecular weight is 330 g/mol. The number of carbonyl (C=O) groups excluding carboxylic acids is 2. The van der Waals surface area contributed by atoms with E-state index in [2.05, 4.69) is 52.3 Å². The molecule has 0 saturated heterocycles. The first-order chi connectivity index (χ1) is 9.38. The van der Waals surface area contributed by atoms with Crippen LogP contribution >= 0.6 is 37.9 Å². The van der Waals surface area contributed by atoms with Gasteiger partial charge in [0, 0.05) is 0 Å². The molecule has 6 nitrogen and oxygen atoms in total. The Kier molecular flexibility index (Phi) is 5.62.